The van der Waals surface area contributed by atoms with Crippen molar-refractivity contribution in [1.29, 1.82) is 0 Å². The van der Waals surface area contributed by atoms with Crippen LogP contribution in [0.1, 0.15) is 13.3 Å². The lowest BCUT2D eigenvalue weighted by Crippen LogP contribution is -2.32. The Hall–Kier alpha value is -3.53. The van der Waals surface area contributed by atoms with E-state index in [4.69, 9.17) is 9.47 Å². The average molecular weight is 387 g/mol. The van der Waals surface area contributed by atoms with E-state index in [9.17, 15) is 4.79 Å². The van der Waals surface area contributed by atoms with Gasteiger partial charge < -0.3 is 14.8 Å². The monoisotopic (exact) mass is 387 g/mol. The first-order valence-electron chi connectivity index (χ1n) is 9.66. The number of anilines is 1. The summed E-state index contributed by atoms with van der Waals surface area (Å²) >= 11 is 0. The third kappa shape index (κ3) is 5.72. The maximum absolute atomic E-state index is 12.7. The van der Waals surface area contributed by atoms with Gasteiger partial charge in [0, 0.05) is 11.8 Å². The van der Waals surface area contributed by atoms with Crippen molar-refractivity contribution in [2.45, 2.75) is 19.4 Å². The molecule has 1 N–H and O–H groups in total. The number of carbonyl (C=O) groups is 1. The number of hydrogen-bond donors (Lipinski definition) is 1. The Morgan fingerprint density at radius 1 is 0.966 bits per heavy atom. The predicted molar refractivity (Wildman–Crippen MR) is 117 cm³/mol. The molecule has 0 saturated carbocycles. The van der Waals surface area contributed by atoms with E-state index < -0.39 is 6.10 Å². The normalized spacial score (nSPS) is 11.3. The van der Waals surface area contributed by atoms with Crippen LogP contribution < -0.4 is 14.8 Å². The number of rotatable bonds is 9. The van der Waals surface area contributed by atoms with Gasteiger partial charge in [-0.2, -0.15) is 0 Å². The zero-order valence-electron chi connectivity index (χ0n) is 16.5. The Kier molecular flexibility index (Phi) is 7.06. The lowest BCUT2D eigenvalue weighted by Gasteiger charge is -2.18. The summed E-state index contributed by atoms with van der Waals surface area (Å²) in [5, 5.41) is 2.90. The maximum Gasteiger partial charge on any atom is 0.265 e. The van der Waals surface area contributed by atoms with Crippen LogP contribution in [-0.4, -0.2) is 18.6 Å². The Morgan fingerprint density at radius 2 is 1.69 bits per heavy atom. The molecule has 0 fully saturated rings. The third-order valence-electron chi connectivity index (χ3n) is 4.37. The van der Waals surface area contributed by atoms with Crippen molar-refractivity contribution in [3.8, 4) is 22.6 Å². The topological polar surface area (TPSA) is 47.6 Å². The molecule has 0 heterocycles. The first-order valence-corrected chi connectivity index (χ1v) is 9.66. The fraction of sp³-hybridized carbons (Fsp3) is 0.160. The van der Waals surface area contributed by atoms with Gasteiger partial charge >= 0.3 is 0 Å². The molecule has 0 spiro atoms. The molecule has 3 aromatic rings. The minimum Gasteiger partial charge on any atom is -0.489 e. The SMILES string of the molecule is C=CCOc1cccc(NC(=O)C(CC)Oc2ccc(-c3ccccc3)cc2)c1. The Bertz CT molecular complexity index is 936. The molecule has 148 valence electrons. The van der Waals surface area contributed by atoms with E-state index >= 15 is 0 Å². The van der Waals surface area contributed by atoms with Crippen LogP contribution in [0, 0.1) is 0 Å². The second-order valence-corrected chi connectivity index (χ2v) is 6.52. The smallest absolute Gasteiger partial charge is 0.265 e. The summed E-state index contributed by atoms with van der Waals surface area (Å²) in [6.45, 7) is 5.97. The highest BCUT2D eigenvalue weighted by atomic mass is 16.5. The average Bonchev–Trinajstić information content (AvgIpc) is 2.77. The minimum absolute atomic E-state index is 0.194. The second-order valence-electron chi connectivity index (χ2n) is 6.52. The number of carbonyl (C=O) groups excluding carboxylic acids is 1. The van der Waals surface area contributed by atoms with Crippen LogP contribution in [0.3, 0.4) is 0 Å². The van der Waals surface area contributed by atoms with Crippen molar-refractivity contribution in [2.75, 3.05) is 11.9 Å². The highest BCUT2D eigenvalue weighted by Crippen LogP contribution is 2.23. The maximum atomic E-state index is 12.7. The molecular weight excluding hydrogens is 362 g/mol. The summed E-state index contributed by atoms with van der Waals surface area (Å²) in [6, 6.07) is 25.2. The van der Waals surface area contributed by atoms with Gasteiger partial charge in [-0.05, 0) is 41.8 Å². The molecule has 0 aromatic heterocycles. The number of amides is 1. The van der Waals surface area contributed by atoms with E-state index in [-0.39, 0.29) is 5.91 Å². The van der Waals surface area contributed by atoms with Crippen LogP contribution in [0.4, 0.5) is 5.69 Å². The number of nitrogens with one attached hydrogen (secondary N) is 1. The van der Waals surface area contributed by atoms with Gasteiger partial charge in [-0.3, -0.25) is 4.79 Å². The fourth-order valence-corrected chi connectivity index (χ4v) is 2.88. The molecule has 3 aromatic carbocycles. The second kappa shape index (κ2) is 10.1. The van der Waals surface area contributed by atoms with Crippen LogP contribution in [0.5, 0.6) is 11.5 Å². The largest absolute Gasteiger partial charge is 0.489 e. The molecule has 0 bridgehead atoms. The molecule has 1 amide bonds. The molecule has 0 aliphatic heterocycles. The molecule has 4 nitrogen and oxygen atoms in total. The van der Waals surface area contributed by atoms with Crippen LogP contribution in [0.2, 0.25) is 0 Å². The summed E-state index contributed by atoms with van der Waals surface area (Å²) < 4.78 is 11.4. The third-order valence-corrected chi connectivity index (χ3v) is 4.37. The zero-order chi connectivity index (χ0) is 20.5. The lowest BCUT2D eigenvalue weighted by molar-refractivity contribution is -0.122. The summed E-state index contributed by atoms with van der Waals surface area (Å²) in [4.78, 5) is 12.7. The minimum atomic E-state index is -0.588. The molecule has 1 unspecified atom stereocenters. The Balaban J connectivity index is 1.63. The molecule has 4 heteroatoms. The number of hydrogen-bond acceptors (Lipinski definition) is 3. The van der Waals surface area contributed by atoms with E-state index in [1.54, 1.807) is 12.1 Å². The quantitative estimate of drug-likeness (QED) is 0.478. The summed E-state index contributed by atoms with van der Waals surface area (Å²) in [5.74, 6) is 1.14. The van der Waals surface area contributed by atoms with Crippen molar-refractivity contribution in [1.82, 2.24) is 0 Å². The van der Waals surface area contributed by atoms with Crippen molar-refractivity contribution < 1.29 is 14.3 Å². The summed E-state index contributed by atoms with van der Waals surface area (Å²) in [5.41, 5.74) is 2.91. The summed E-state index contributed by atoms with van der Waals surface area (Å²) in [7, 11) is 0. The van der Waals surface area contributed by atoms with Gasteiger partial charge in [0.05, 0.1) is 0 Å². The van der Waals surface area contributed by atoms with E-state index in [1.165, 1.54) is 0 Å². The molecule has 0 saturated heterocycles. The van der Waals surface area contributed by atoms with Crippen molar-refractivity contribution in [2.24, 2.45) is 0 Å². The van der Waals surface area contributed by atoms with Crippen LogP contribution in [-0.2, 0) is 4.79 Å². The van der Waals surface area contributed by atoms with E-state index in [1.807, 2.05) is 67.6 Å². The summed E-state index contributed by atoms with van der Waals surface area (Å²) in [6.07, 6.45) is 1.64. The number of benzene rings is 3. The first kappa shape index (κ1) is 20.2. The van der Waals surface area contributed by atoms with Gasteiger partial charge in [-0.1, -0.05) is 68.1 Å². The molecule has 0 radical (unpaired) electrons. The highest BCUT2D eigenvalue weighted by Gasteiger charge is 2.18. The van der Waals surface area contributed by atoms with Crippen LogP contribution in [0.25, 0.3) is 11.1 Å². The zero-order valence-corrected chi connectivity index (χ0v) is 16.5. The Morgan fingerprint density at radius 3 is 2.38 bits per heavy atom. The predicted octanol–water partition coefficient (Wildman–Crippen LogP) is 5.71. The van der Waals surface area contributed by atoms with Gasteiger partial charge in [0.1, 0.15) is 18.1 Å². The molecule has 29 heavy (non-hydrogen) atoms. The van der Waals surface area contributed by atoms with Crippen molar-refractivity contribution in [3.05, 3.63) is 91.5 Å². The lowest BCUT2D eigenvalue weighted by atomic mass is 10.1. The van der Waals surface area contributed by atoms with E-state index in [0.717, 1.165) is 11.1 Å². The fourth-order valence-electron chi connectivity index (χ4n) is 2.88. The van der Waals surface area contributed by atoms with Crippen LogP contribution >= 0.6 is 0 Å². The first-order chi connectivity index (χ1) is 14.2. The molecule has 3 rings (SSSR count). The van der Waals surface area contributed by atoms with Crippen LogP contribution in [0.15, 0.2) is 91.5 Å². The van der Waals surface area contributed by atoms with Gasteiger partial charge in [0.2, 0.25) is 0 Å². The molecule has 1 atom stereocenters. The van der Waals surface area contributed by atoms with Gasteiger partial charge in [-0.15, -0.1) is 0 Å². The number of ether oxygens (including phenoxy) is 2. The van der Waals surface area contributed by atoms with E-state index in [0.29, 0.717) is 30.2 Å². The standard InChI is InChI=1S/C25H25NO3/c1-3-17-28-23-12-8-11-21(18-23)26-25(27)24(4-2)29-22-15-13-20(14-16-22)19-9-6-5-7-10-19/h3,5-16,18,24H,1,4,17H2,2H3,(H,26,27). The molecular formula is C25H25NO3. The van der Waals surface area contributed by atoms with Gasteiger partial charge in [-0.25, -0.2) is 0 Å². The Labute approximate surface area is 171 Å². The van der Waals surface area contributed by atoms with Crippen molar-refractivity contribution in [3.63, 3.8) is 0 Å². The van der Waals surface area contributed by atoms with E-state index in [2.05, 4.69) is 24.0 Å². The highest BCUT2D eigenvalue weighted by molar-refractivity contribution is 5.94. The van der Waals surface area contributed by atoms with Gasteiger partial charge in [0.15, 0.2) is 6.10 Å². The molecule has 0 aliphatic rings. The van der Waals surface area contributed by atoms with Crippen molar-refractivity contribution >= 4 is 11.6 Å². The van der Waals surface area contributed by atoms with Gasteiger partial charge in [0.25, 0.3) is 5.91 Å². The molecule has 0 aliphatic carbocycles.